The van der Waals surface area contributed by atoms with E-state index >= 15 is 0 Å². The zero-order valence-electron chi connectivity index (χ0n) is 10.7. The van der Waals surface area contributed by atoms with Gasteiger partial charge in [-0.05, 0) is 19.1 Å². The minimum absolute atomic E-state index is 0.0174. The summed E-state index contributed by atoms with van der Waals surface area (Å²) < 4.78 is 26.3. The zero-order chi connectivity index (χ0) is 14.6. The number of nitrogens with one attached hydrogen (secondary N) is 1. The van der Waals surface area contributed by atoms with Crippen LogP contribution in [-0.2, 0) is 14.8 Å². The molecule has 0 spiro atoms. The number of anilines is 1. The Morgan fingerprint density at radius 1 is 1.47 bits per heavy atom. The van der Waals surface area contributed by atoms with Crippen LogP contribution in [0.3, 0.4) is 0 Å². The number of amides is 1. The molecule has 0 radical (unpaired) electrons. The van der Waals surface area contributed by atoms with Crippen LogP contribution in [0.15, 0.2) is 23.1 Å². The lowest BCUT2D eigenvalue weighted by molar-refractivity contribution is -0.128. The molecule has 0 bridgehead atoms. The van der Waals surface area contributed by atoms with Crippen molar-refractivity contribution in [3.8, 4) is 0 Å². The van der Waals surface area contributed by atoms with Crippen molar-refractivity contribution in [1.82, 2.24) is 9.62 Å². The fraction of sp³-hybridized carbons (Fsp3) is 0.364. The van der Waals surface area contributed by atoms with E-state index in [2.05, 4.69) is 4.72 Å². The highest BCUT2D eigenvalue weighted by Crippen LogP contribution is 2.26. The third kappa shape index (κ3) is 3.82. The van der Waals surface area contributed by atoms with Gasteiger partial charge in [0, 0.05) is 13.6 Å². The first-order valence-electron chi connectivity index (χ1n) is 5.57. The lowest BCUT2D eigenvalue weighted by Gasteiger charge is -2.15. The molecule has 0 aromatic heterocycles. The largest absolute Gasteiger partial charge is 0.398 e. The van der Waals surface area contributed by atoms with Gasteiger partial charge in [0.25, 0.3) is 0 Å². The predicted octanol–water partition coefficient (Wildman–Crippen LogP) is 0.679. The van der Waals surface area contributed by atoms with E-state index in [1.165, 1.54) is 17.0 Å². The molecule has 3 N–H and O–H groups in total. The second-order valence-electron chi connectivity index (χ2n) is 3.89. The van der Waals surface area contributed by atoms with Crippen molar-refractivity contribution < 1.29 is 13.2 Å². The molecular weight excluding hydrogens is 290 g/mol. The molecule has 1 amide bonds. The van der Waals surface area contributed by atoms with Crippen molar-refractivity contribution in [3.05, 3.63) is 23.2 Å². The van der Waals surface area contributed by atoms with Crippen LogP contribution in [-0.4, -0.2) is 39.4 Å². The highest BCUT2D eigenvalue weighted by atomic mass is 35.5. The lowest BCUT2D eigenvalue weighted by Crippen LogP contribution is -2.38. The highest BCUT2D eigenvalue weighted by molar-refractivity contribution is 7.89. The van der Waals surface area contributed by atoms with Crippen LogP contribution in [0.2, 0.25) is 5.02 Å². The lowest BCUT2D eigenvalue weighted by atomic mass is 10.3. The van der Waals surface area contributed by atoms with Crippen LogP contribution in [0.25, 0.3) is 0 Å². The summed E-state index contributed by atoms with van der Waals surface area (Å²) in [5, 5.41) is 0.0174. The van der Waals surface area contributed by atoms with Gasteiger partial charge in [-0.2, -0.15) is 0 Å². The second-order valence-corrected chi connectivity index (χ2v) is 6.00. The third-order valence-corrected chi connectivity index (χ3v) is 4.52. The van der Waals surface area contributed by atoms with E-state index < -0.39 is 10.0 Å². The predicted molar refractivity (Wildman–Crippen MR) is 74.4 cm³/mol. The van der Waals surface area contributed by atoms with Crippen molar-refractivity contribution in [1.29, 1.82) is 0 Å². The molecule has 0 unspecified atom stereocenters. The van der Waals surface area contributed by atoms with Gasteiger partial charge in [0.1, 0.15) is 4.90 Å². The maximum atomic E-state index is 12.0. The summed E-state index contributed by atoms with van der Waals surface area (Å²) >= 11 is 5.82. The monoisotopic (exact) mass is 305 g/mol. The third-order valence-electron chi connectivity index (χ3n) is 2.58. The normalized spacial score (nSPS) is 11.3. The first kappa shape index (κ1) is 15.7. The summed E-state index contributed by atoms with van der Waals surface area (Å²) in [6, 6.07) is 4.40. The van der Waals surface area contributed by atoms with Gasteiger partial charge in [0.05, 0.1) is 17.3 Å². The summed E-state index contributed by atoms with van der Waals surface area (Å²) in [7, 11) is -2.33. The minimum Gasteiger partial charge on any atom is -0.398 e. The average molecular weight is 306 g/mol. The van der Waals surface area contributed by atoms with Crippen LogP contribution < -0.4 is 10.5 Å². The summed E-state index contributed by atoms with van der Waals surface area (Å²) in [6.07, 6.45) is 0. The number of nitrogen functional groups attached to an aromatic ring is 1. The number of hydrogen-bond donors (Lipinski definition) is 2. The molecule has 0 aliphatic carbocycles. The molecule has 0 saturated heterocycles. The molecule has 0 aliphatic rings. The molecule has 0 saturated carbocycles. The number of nitrogens with zero attached hydrogens (tertiary/aromatic N) is 1. The van der Waals surface area contributed by atoms with Crippen LogP contribution in [0.5, 0.6) is 0 Å². The van der Waals surface area contributed by atoms with Gasteiger partial charge >= 0.3 is 0 Å². The van der Waals surface area contributed by atoms with Crippen LogP contribution >= 0.6 is 11.6 Å². The number of nitrogens with two attached hydrogens (primary N) is 1. The van der Waals surface area contributed by atoms with Crippen LogP contribution in [0, 0.1) is 0 Å². The topological polar surface area (TPSA) is 92.5 Å². The van der Waals surface area contributed by atoms with Crippen LogP contribution in [0.1, 0.15) is 6.92 Å². The van der Waals surface area contributed by atoms with Crippen LogP contribution in [0.4, 0.5) is 5.69 Å². The van der Waals surface area contributed by atoms with Gasteiger partial charge in [0.2, 0.25) is 15.9 Å². The minimum atomic E-state index is -3.91. The van der Waals surface area contributed by atoms with E-state index in [1.54, 1.807) is 20.0 Å². The van der Waals surface area contributed by atoms with Gasteiger partial charge in [-0.15, -0.1) is 0 Å². The molecule has 0 aliphatic heterocycles. The smallest absolute Gasteiger partial charge is 0.244 e. The average Bonchev–Trinajstić information content (AvgIpc) is 2.34. The molecule has 19 heavy (non-hydrogen) atoms. The molecule has 1 aromatic carbocycles. The summed E-state index contributed by atoms with van der Waals surface area (Å²) in [4.78, 5) is 12.8. The van der Waals surface area contributed by atoms with Gasteiger partial charge in [0.15, 0.2) is 0 Å². The van der Waals surface area contributed by atoms with Gasteiger partial charge in [-0.25, -0.2) is 13.1 Å². The standard InChI is InChI=1S/C11H16ClN3O3S/c1-3-15(2)10(16)7-14-19(17,18)11-8(12)5-4-6-9(11)13/h4-6,14H,3,7,13H2,1-2H3. The number of carbonyl (C=O) groups is 1. The Bertz CT molecular complexity index is 554. The molecule has 0 heterocycles. The molecule has 6 nitrogen and oxygen atoms in total. The fourth-order valence-corrected chi connectivity index (χ4v) is 3.00. The second kappa shape index (κ2) is 6.23. The van der Waals surface area contributed by atoms with E-state index in [1.807, 2.05) is 0 Å². The molecular formula is C11H16ClN3O3S. The van der Waals surface area contributed by atoms with Crippen molar-refractivity contribution >= 4 is 33.2 Å². The maximum Gasteiger partial charge on any atom is 0.244 e. The summed E-state index contributed by atoms with van der Waals surface area (Å²) in [5.74, 6) is -0.336. The first-order chi connectivity index (χ1) is 8.79. The Kier molecular flexibility index (Phi) is 5.16. The molecule has 106 valence electrons. The molecule has 0 fully saturated rings. The van der Waals surface area contributed by atoms with Gasteiger partial charge in [-0.3, -0.25) is 4.79 Å². The number of rotatable bonds is 5. The van der Waals surface area contributed by atoms with E-state index in [-0.39, 0.29) is 28.1 Å². The Labute approximate surface area is 117 Å². The van der Waals surface area contributed by atoms with Crippen molar-refractivity contribution in [2.24, 2.45) is 0 Å². The number of hydrogen-bond acceptors (Lipinski definition) is 4. The van der Waals surface area contributed by atoms with Crippen molar-refractivity contribution in [2.75, 3.05) is 25.9 Å². The zero-order valence-corrected chi connectivity index (χ0v) is 12.3. The fourth-order valence-electron chi connectivity index (χ4n) is 1.35. The summed E-state index contributed by atoms with van der Waals surface area (Å²) in [5.41, 5.74) is 5.64. The van der Waals surface area contributed by atoms with E-state index in [4.69, 9.17) is 17.3 Å². The molecule has 0 atom stereocenters. The Hall–Kier alpha value is -1.31. The summed E-state index contributed by atoms with van der Waals surface area (Å²) in [6.45, 7) is 1.95. The number of likely N-dealkylation sites (N-methyl/N-ethyl adjacent to an activating group) is 1. The SMILES string of the molecule is CCN(C)C(=O)CNS(=O)(=O)c1c(N)cccc1Cl. The van der Waals surface area contributed by atoms with Crippen molar-refractivity contribution in [3.63, 3.8) is 0 Å². The number of halogens is 1. The van der Waals surface area contributed by atoms with Gasteiger partial charge in [-0.1, -0.05) is 17.7 Å². The Morgan fingerprint density at radius 2 is 2.11 bits per heavy atom. The highest BCUT2D eigenvalue weighted by Gasteiger charge is 2.22. The Balaban J connectivity index is 2.91. The number of sulfonamides is 1. The van der Waals surface area contributed by atoms with E-state index in [0.29, 0.717) is 6.54 Å². The Morgan fingerprint density at radius 3 is 2.63 bits per heavy atom. The molecule has 8 heteroatoms. The molecule has 1 rings (SSSR count). The van der Waals surface area contributed by atoms with Gasteiger partial charge < -0.3 is 10.6 Å². The first-order valence-corrected chi connectivity index (χ1v) is 7.43. The van der Waals surface area contributed by atoms with E-state index in [0.717, 1.165) is 0 Å². The van der Waals surface area contributed by atoms with Crippen molar-refractivity contribution in [2.45, 2.75) is 11.8 Å². The molecule has 1 aromatic rings. The number of benzene rings is 1. The maximum absolute atomic E-state index is 12.0. The number of carbonyl (C=O) groups excluding carboxylic acids is 1. The van der Waals surface area contributed by atoms with E-state index in [9.17, 15) is 13.2 Å². The quantitative estimate of drug-likeness (QED) is 0.782.